The first kappa shape index (κ1) is 14.7. The lowest BCUT2D eigenvalue weighted by Gasteiger charge is -2.13. The summed E-state index contributed by atoms with van der Waals surface area (Å²) in [5.41, 5.74) is 4.49. The van der Waals surface area contributed by atoms with E-state index in [1.807, 2.05) is 17.9 Å². The Morgan fingerprint density at radius 2 is 2.00 bits per heavy atom. The summed E-state index contributed by atoms with van der Waals surface area (Å²) in [5.74, 6) is 0. The monoisotopic (exact) mass is 272 g/mol. The largest absolute Gasteiger partial charge is 0.312 e. The molecule has 0 bridgehead atoms. The zero-order valence-corrected chi connectivity index (χ0v) is 12.8. The van der Waals surface area contributed by atoms with Crippen molar-refractivity contribution in [3.8, 4) is 5.69 Å². The lowest BCUT2D eigenvalue weighted by Crippen LogP contribution is -2.16. The van der Waals surface area contributed by atoms with Gasteiger partial charge in [-0.1, -0.05) is 20.8 Å². The number of aryl methyl sites for hydroxylation is 2. The Bertz CT molecular complexity index is 538. The van der Waals surface area contributed by atoms with Crippen molar-refractivity contribution in [1.82, 2.24) is 20.1 Å². The lowest BCUT2D eigenvalue weighted by molar-refractivity contribution is 0.561. The molecule has 0 aliphatic rings. The van der Waals surface area contributed by atoms with Crippen molar-refractivity contribution in [3.63, 3.8) is 0 Å². The van der Waals surface area contributed by atoms with Gasteiger partial charge >= 0.3 is 0 Å². The molecule has 0 spiro atoms. The second-order valence-corrected chi connectivity index (χ2v) is 4.94. The van der Waals surface area contributed by atoms with Crippen molar-refractivity contribution >= 4 is 0 Å². The molecule has 0 aromatic carbocycles. The standard InChI is InChI=1S/C16H24N4/c1-5-12-10-13(6-2)20(19-12)14-8-9-16(18-11-14)15(7-3)17-4/h8-11,15,17H,5-7H2,1-4H3. The summed E-state index contributed by atoms with van der Waals surface area (Å²) in [6.45, 7) is 6.45. The third-order valence-corrected chi connectivity index (χ3v) is 3.69. The first-order chi connectivity index (χ1) is 9.73. The number of rotatable bonds is 6. The fourth-order valence-corrected chi connectivity index (χ4v) is 2.41. The minimum Gasteiger partial charge on any atom is -0.312 e. The van der Waals surface area contributed by atoms with E-state index in [9.17, 15) is 0 Å². The minimum absolute atomic E-state index is 0.318. The van der Waals surface area contributed by atoms with Crippen LogP contribution in [0, 0.1) is 0 Å². The average Bonchev–Trinajstić information content (AvgIpc) is 2.92. The van der Waals surface area contributed by atoms with Crippen LogP contribution in [0.15, 0.2) is 24.4 Å². The molecule has 1 atom stereocenters. The zero-order chi connectivity index (χ0) is 14.5. The van der Waals surface area contributed by atoms with Gasteiger partial charge in [-0.2, -0.15) is 5.10 Å². The van der Waals surface area contributed by atoms with Crippen LogP contribution < -0.4 is 5.32 Å². The van der Waals surface area contributed by atoms with Crippen molar-refractivity contribution in [2.45, 2.75) is 46.1 Å². The van der Waals surface area contributed by atoms with E-state index >= 15 is 0 Å². The molecule has 4 nitrogen and oxygen atoms in total. The smallest absolute Gasteiger partial charge is 0.0832 e. The van der Waals surface area contributed by atoms with Gasteiger partial charge in [-0.3, -0.25) is 4.98 Å². The average molecular weight is 272 g/mol. The Hall–Kier alpha value is -1.68. The number of nitrogens with one attached hydrogen (secondary N) is 1. The highest BCUT2D eigenvalue weighted by molar-refractivity contribution is 5.32. The Labute approximate surface area is 121 Å². The van der Waals surface area contributed by atoms with Crippen molar-refractivity contribution in [1.29, 1.82) is 0 Å². The molecule has 108 valence electrons. The topological polar surface area (TPSA) is 42.7 Å². The molecule has 2 rings (SSSR count). The van der Waals surface area contributed by atoms with Gasteiger partial charge in [-0.25, -0.2) is 4.68 Å². The quantitative estimate of drug-likeness (QED) is 0.879. The van der Waals surface area contributed by atoms with E-state index < -0.39 is 0 Å². The summed E-state index contributed by atoms with van der Waals surface area (Å²) in [6, 6.07) is 6.69. The highest BCUT2D eigenvalue weighted by Crippen LogP contribution is 2.17. The predicted molar refractivity (Wildman–Crippen MR) is 82.2 cm³/mol. The van der Waals surface area contributed by atoms with Crippen LogP contribution >= 0.6 is 0 Å². The number of nitrogens with zero attached hydrogens (tertiary/aromatic N) is 3. The summed E-state index contributed by atoms with van der Waals surface area (Å²) in [5, 5.41) is 7.92. The van der Waals surface area contributed by atoms with E-state index in [4.69, 9.17) is 0 Å². The molecular weight excluding hydrogens is 248 g/mol. The second-order valence-electron chi connectivity index (χ2n) is 4.94. The van der Waals surface area contributed by atoms with E-state index in [1.54, 1.807) is 0 Å². The maximum atomic E-state index is 4.65. The minimum atomic E-state index is 0.318. The Morgan fingerprint density at radius 3 is 2.50 bits per heavy atom. The van der Waals surface area contributed by atoms with Crippen LogP contribution in [0.1, 0.15) is 50.3 Å². The first-order valence-corrected chi connectivity index (χ1v) is 7.44. The van der Waals surface area contributed by atoms with Gasteiger partial charge in [0.2, 0.25) is 0 Å². The van der Waals surface area contributed by atoms with Crippen LogP contribution in [0.4, 0.5) is 0 Å². The maximum Gasteiger partial charge on any atom is 0.0832 e. The normalized spacial score (nSPS) is 12.6. The predicted octanol–water partition coefficient (Wildman–Crippen LogP) is 3.06. The second kappa shape index (κ2) is 6.66. The molecule has 0 amide bonds. The van der Waals surface area contributed by atoms with Crippen molar-refractivity contribution in [2.24, 2.45) is 0 Å². The van der Waals surface area contributed by atoms with Crippen LogP contribution in [-0.4, -0.2) is 21.8 Å². The SMILES string of the molecule is CCc1cc(CC)n(-c2ccc(C(CC)NC)nc2)n1. The van der Waals surface area contributed by atoms with Gasteiger partial charge < -0.3 is 5.32 Å². The number of aromatic nitrogens is 3. The van der Waals surface area contributed by atoms with Gasteiger partial charge in [-0.15, -0.1) is 0 Å². The van der Waals surface area contributed by atoms with Gasteiger partial charge in [0.1, 0.15) is 0 Å². The molecule has 2 aromatic rings. The maximum absolute atomic E-state index is 4.65. The van der Waals surface area contributed by atoms with Crippen LogP contribution in [0.3, 0.4) is 0 Å². The lowest BCUT2D eigenvalue weighted by atomic mass is 10.1. The van der Waals surface area contributed by atoms with Gasteiger partial charge in [-0.05, 0) is 44.5 Å². The fourth-order valence-electron chi connectivity index (χ4n) is 2.41. The van der Waals surface area contributed by atoms with Gasteiger partial charge in [0, 0.05) is 11.7 Å². The highest BCUT2D eigenvalue weighted by Gasteiger charge is 2.10. The van der Waals surface area contributed by atoms with Crippen LogP contribution in [0.25, 0.3) is 5.69 Å². The van der Waals surface area contributed by atoms with Crippen molar-refractivity contribution in [2.75, 3.05) is 7.05 Å². The molecule has 1 N–H and O–H groups in total. The van der Waals surface area contributed by atoms with Crippen LogP contribution in [0.5, 0.6) is 0 Å². The molecule has 0 aliphatic heterocycles. The molecule has 0 saturated carbocycles. The molecule has 2 aromatic heterocycles. The third kappa shape index (κ3) is 2.90. The first-order valence-electron chi connectivity index (χ1n) is 7.44. The molecule has 0 saturated heterocycles. The summed E-state index contributed by atoms with van der Waals surface area (Å²) < 4.78 is 2.01. The Balaban J connectivity index is 2.32. The number of hydrogen-bond acceptors (Lipinski definition) is 3. The zero-order valence-electron chi connectivity index (χ0n) is 12.8. The number of hydrogen-bond donors (Lipinski definition) is 1. The summed E-state index contributed by atoms with van der Waals surface area (Å²) in [7, 11) is 1.97. The van der Waals surface area contributed by atoms with Crippen LogP contribution in [0.2, 0.25) is 0 Å². The van der Waals surface area contributed by atoms with Gasteiger partial charge in [0.15, 0.2) is 0 Å². The summed E-state index contributed by atoms with van der Waals surface area (Å²) in [4.78, 5) is 4.58. The summed E-state index contributed by atoms with van der Waals surface area (Å²) in [6.07, 6.45) is 4.89. The molecule has 20 heavy (non-hydrogen) atoms. The molecule has 0 aliphatic carbocycles. The molecule has 0 fully saturated rings. The Kier molecular flexibility index (Phi) is 4.90. The fraction of sp³-hybridized carbons (Fsp3) is 0.500. The molecule has 2 heterocycles. The van der Waals surface area contributed by atoms with E-state index in [2.05, 4.69) is 54.4 Å². The number of pyridine rings is 1. The van der Waals surface area contributed by atoms with Crippen molar-refractivity contribution < 1.29 is 0 Å². The summed E-state index contributed by atoms with van der Waals surface area (Å²) >= 11 is 0. The molecular formula is C16H24N4. The van der Waals surface area contributed by atoms with Crippen molar-refractivity contribution in [3.05, 3.63) is 41.5 Å². The van der Waals surface area contributed by atoms with E-state index in [0.717, 1.165) is 36.3 Å². The van der Waals surface area contributed by atoms with E-state index in [1.165, 1.54) is 5.69 Å². The third-order valence-electron chi connectivity index (χ3n) is 3.69. The molecule has 4 heteroatoms. The Morgan fingerprint density at radius 1 is 1.20 bits per heavy atom. The molecule has 1 unspecified atom stereocenters. The molecule has 0 radical (unpaired) electrons. The van der Waals surface area contributed by atoms with Gasteiger partial charge in [0.25, 0.3) is 0 Å². The van der Waals surface area contributed by atoms with Crippen LogP contribution in [-0.2, 0) is 12.8 Å². The van der Waals surface area contributed by atoms with E-state index in [-0.39, 0.29) is 0 Å². The highest BCUT2D eigenvalue weighted by atomic mass is 15.3. The van der Waals surface area contributed by atoms with E-state index in [0.29, 0.717) is 6.04 Å². The van der Waals surface area contributed by atoms with Gasteiger partial charge in [0.05, 0.1) is 23.3 Å².